The SMILES string of the molecule is Cc1cc(Br)ccc1NC(=O)Cc1c[nH]c2cc(Cl)ccc12. The van der Waals surface area contributed by atoms with Gasteiger partial charge in [0.15, 0.2) is 0 Å². The number of anilines is 1. The Balaban J connectivity index is 1.78. The molecule has 112 valence electrons. The van der Waals surface area contributed by atoms with Gasteiger partial charge in [-0.1, -0.05) is 33.6 Å². The lowest BCUT2D eigenvalue weighted by Gasteiger charge is -2.08. The van der Waals surface area contributed by atoms with Crippen LogP contribution in [0.2, 0.25) is 5.02 Å². The van der Waals surface area contributed by atoms with Crippen LogP contribution in [-0.4, -0.2) is 10.9 Å². The van der Waals surface area contributed by atoms with Gasteiger partial charge in [-0.15, -0.1) is 0 Å². The molecule has 0 unspecified atom stereocenters. The van der Waals surface area contributed by atoms with Gasteiger partial charge in [-0.25, -0.2) is 0 Å². The Hall–Kier alpha value is -1.78. The van der Waals surface area contributed by atoms with Crippen LogP contribution in [0, 0.1) is 6.92 Å². The van der Waals surface area contributed by atoms with Crippen LogP contribution in [0.15, 0.2) is 47.1 Å². The molecule has 0 fully saturated rings. The summed E-state index contributed by atoms with van der Waals surface area (Å²) in [5.41, 5.74) is 3.75. The van der Waals surface area contributed by atoms with E-state index in [-0.39, 0.29) is 5.91 Å². The number of carbonyl (C=O) groups excluding carboxylic acids is 1. The summed E-state index contributed by atoms with van der Waals surface area (Å²) in [4.78, 5) is 15.4. The van der Waals surface area contributed by atoms with E-state index in [0.29, 0.717) is 11.4 Å². The van der Waals surface area contributed by atoms with Crippen molar-refractivity contribution in [2.75, 3.05) is 5.32 Å². The molecule has 0 aliphatic rings. The minimum absolute atomic E-state index is 0.0405. The fourth-order valence-corrected chi connectivity index (χ4v) is 3.09. The van der Waals surface area contributed by atoms with E-state index in [2.05, 4.69) is 26.2 Å². The number of aryl methyl sites for hydroxylation is 1. The number of amides is 1. The van der Waals surface area contributed by atoms with E-state index in [1.165, 1.54) is 0 Å². The zero-order valence-corrected chi connectivity index (χ0v) is 14.3. The van der Waals surface area contributed by atoms with Gasteiger partial charge in [-0.05, 0) is 48.4 Å². The number of carbonyl (C=O) groups is 1. The fourth-order valence-electron chi connectivity index (χ4n) is 2.44. The summed E-state index contributed by atoms with van der Waals surface area (Å²) in [7, 11) is 0. The Bertz CT molecular complexity index is 857. The van der Waals surface area contributed by atoms with Crippen molar-refractivity contribution in [1.82, 2.24) is 4.98 Å². The van der Waals surface area contributed by atoms with E-state index in [1.54, 1.807) is 0 Å². The Kier molecular flexibility index (Phi) is 4.23. The van der Waals surface area contributed by atoms with Crippen LogP contribution in [-0.2, 0) is 11.2 Å². The van der Waals surface area contributed by atoms with Gasteiger partial charge in [0.2, 0.25) is 5.91 Å². The number of fused-ring (bicyclic) bond motifs is 1. The Morgan fingerprint density at radius 1 is 1.27 bits per heavy atom. The molecular weight excluding hydrogens is 364 g/mol. The zero-order valence-electron chi connectivity index (χ0n) is 11.9. The maximum absolute atomic E-state index is 12.3. The normalized spacial score (nSPS) is 10.9. The van der Waals surface area contributed by atoms with Gasteiger partial charge in [-0.3, -0.25) is 4.79 Å². The summed E-state index contributed by atoms with van der Waals surface area (Å²) in [6.45, 7) is 1.97. The van der Waals surface area contributed by atoms with Gasteiger partial charge < -0.3 is 10.3 Å². The summed E-state index contributed by atoms with van der Waals surface area (Å²) >= 11 is 9.38. The molecule has 0 atom stereocenters. The Morgan fingerprint density at radius 2 is 2.09 bits per heavy atom. The molecule has 2 aromatic carbocycles. The summed E-state index contributed by atoms with van der Waals surface area (Å²) in [6.07, 6.45) is 2.17. The molecule has 5 heteroatoms. The van der Waals surface area contributed by atoms with Gasteiger partial charge >= 0.3 is 0 Å². The first-order valence-electron chi connectivity index (χ1n) is 6.84. The highest BCUT2D eigenvalue weighted by molar-refractivity contribution is 9.10. The van der Waals surface area contributed by atoms with Crippen molar-refractivity contribution in [3.05, 3.63) is 63.2 Å². The first-order valence-corrected chi connectivity index (χ1v) is 8.01. The molecule has 0 radical (unpaired) electrons. The lowest BCUT2D eigenvalue weighted by molar-refractivity contribution is -0.115. The molecule has 0 aliphatic carbocycles. The maximum atomic E-state index is 12.3. The summed E-state index contributed by atoms with van der Waals surface area (Å²) < 4.78 is 0.997. The molecule has 3 rings (SSSR count). The highest BCUT2D eigenvalue weighted by Gasteiger charge is 2.10. The van der Waals surface area contributed by atoms with Crippen LogP contribution in [0.4, 0.5) is 5.69 Å². The van der Waals surface area contributed by atoms with Crippen LogP contribution >= 0.6 is 27.5 Å². The van der Waals surface area contributed by atoms with Crippen LogP contribution in [0.5, 0.6) is 0 Å². The van der Waals surface area contributed by atoms with Gasteiger partial charge in [0.25, 0.3) is 0 Å². The minimum Gasteiger partial charge on any atom is -0.361 e. The summed E-state index contributed by atoms with van der Waals surface area (Å²) in [6, 6.07) is 11.4. The lowest BCUT2D eigenvalue weighted by atomic mass is 10.1. The Labute approximate surface area is 141 Å². The van der Waals surface area contributed by atoms with Gasteiger partial charge in [0.05, 0.1) is 6.42 Å². The van der Waals surface area contributed by atoms with Crippen molar-refractivity contribution in [3.8, 4) is 0 Å². The molecule has 0 saturated heterocycles. The second-order valence-corrected chi connectivity index (χ2v) is 6.54. The van der Waals surface area contributed by atoms with E-state index in [1.807, 2.05) is 49.5 Å². The van der Waals surface area contributed by atoms with Gasteiger partial charge in [0, 0.05) is 32.3 Å². The van der Waals surface area contributed by atoms with Crippen LogP contribution < -0.4 is 5.32 Å². The molecule has 1 heterocycles. The lowest BCUT2D eigenvalue weighted by Crippen LogP contribution is -2.14. The van der Waals surface area contributed by atoms with E-state index in [4.69, 9.17) is 11.6 Å². The molecule has 22 heavy (non-hydrogen) atoms. The number of nitrogens with one attached hydrogen (secondary N) is 2. The highest BCUT2D eigenvalue weighted by Crippen LogP contribution is 2.24. The highest BCUT2D eigenvalue weighted by atomic mass is 79.9. The number of aromatic nitrogens is 1. The smallest absolute Gasteiger partial charge is 0.228 e. The molecule has 0 saturated carbocycles. The van der Waals surface area contributed by atoms with E-state index in [9.17, 15) is 4.79 Å². The monoisotopic (exact) mass is 376 g/mol. The third-order valence-electron chi connectivity index (χ3n) is 3.54. The number of hydrogen-bond donors (Lipinski definition) is 2. The number of rotatable bonds is 3. The van der Waals surface area contributed by atoms with Crippen LogP contribution in [0.25, 0.3) is 10.9 Å². The average molecular weight is 378 g/mol. The molecule has 0 spiro atoms. The topological polar surface area (TPSA) is 44.9 Å². The van der Waals surface area contributed by atoms with Crippen molar-refractivity contribution in [2.45, 2.75) is 13.3 Å². The van der Waals surface area contributed by atoms with Crippen molar-refractivity contribution < 1.29 is 4.79 Å². The fraction of sp³-hybridized carbons (Fsp3) is 0.118. The van der Waals surface area contributed by atoms with Gasteiger partial charge in [0.1, 0.15) is 0 Å². The zero-order chi connectivity index (χ0) is 15.7. The molecule has 1 amide bonds. The molecule has 1 aromatic heterocycles. The number of benzene rings is 2. The summed E-state index contributed by atoms with van der Waals surface area (Å²) in [5.74, 6) is -0.0405. The predicted molar refractivity (Wildman–Crippen MR) is 94.5 cm³/mol. The van der Waals surface area contributed by atoms with E-state index >= 15 is 0 Å². The third-order valence-corrected chi connectivity index (χ3v) is 4.27. The molecule has 2 N–H and O–H groups in total. The quantitative estimate of drug-likeness (QED) is 0.657. The maximum Gasteiger partial charge on any atom is 0.228 e. The standard InChI is InChI=1S/C17H14BrClN2O/c1-10-6-12(18)2-5-15(10)21-17(22)7-11-9-20-16-8-13(19)3-4-14(11)16/h2-6,8-9,20H,7H2,1H3,(H,21,22). The Morgan fingerprint density at radius 3 is 2.86 bits per heavy atom. The number of aromatic amines is 1. The number of H-pyrrole nitrogens is 1. The van der Waals surface area contributed by atoms with Crippen LogP contribution in [0.1, 0.15) is 11.1 Å². The largest absolute Gasteiger partial charge is 0.361 e. The van der Waals surface area contributed by atoms with Crippen molar-refractivity contribution in [3.63, 3.8) is 0 Å². The second-order valence-electron chi connectivity index (χ2n) is 5.19. The minimum atomic E-state index is -0.0405. The van der Waals surface area contributed by atoms with Gasteiger partial charge in [-0.2, -0.15) is 0 Å². The first-order chi connectivity index (χ1) is 10.5. The molecule has 3 aromatic rings. The van der Waals surface area contributed by atoms with Crippen molar-refractivity contribution in [1.29, 1.82) is 0 Å². The molecular formula is C17H14BrClN2O. The van der Waals surface area contributed by atoms with Crippen molar-refractivity contribution >= 4 is 50.0 Å². The third kappa shape index (κ3) is 3.18. The van der Waals surface area contributed by atoms with Crippen molar-refractivity contribution in [2.24, 2.45) is 0 Å². The van der Waals surface area contributed by atoms with E-state index in [0.717, 1.165) is 32.2 Å². The molecule has 3 nitrogen and oxygen atoms in total. The number of hydrogen-bond acceptors (Lipinski definition) is 1. The van der Waals surface area contributed by atoms with Crippen LogP contribution in [0.3, 0.4) is 0 Å². The first kappa shape index (κ1) is 15.1. The average Bonchev–Trinajstić information content (AvgIpc) is 2.84. The summed E-state index contributed by atoms with van der Waals surface area (Å²) in [5, 5.41) is 4.65. The molecule has 0 bridgehead atoms. The second kappa shape index (κ2) is 6.15. The number of halogens is 2. The predicted octanol–water partition coefficient (Wildman–Crippen LogP) is 5.07. The molecule has 0 aliphatic heterocycles. The van der Waals surface area contributed by atoms with E-state index < -0.39 is 0 Å².